The van der Waals surface area contributed by atoms with Gasteiger partial charge in [-0.15, -0.1) is 0 Å². The Balaban J connectivity index is 2.15. The fraction of sp³-hybridized carbons (Fsp3) is 0.857. The molecule has 0 unspecified atom stereocenters. The zero-order valence-corrected chi connectivity index (χ0v) is 5.30. The van der Waals surface area contributed by atoms with E-state index in [4.69, 9.17) is 4.74 Å². The van der Waals surface area contributed by atoms with Gasteiger partial charge in [0.25, 0.3) is 0 Å². The molecule has 1 aliphatic heterocycles. The zero-order valence-electron chi connectivity index (χ0n) is 5.30. The van der Waals surface area contributed by atoms with Crippen LogP contribution in [0.4, 0.5) is 0 Å². The lowest BCUT2D eigenvalue weighted by molar-refractivity contribution is -0.120. The van der Waals surface area contributed by atoms with Crippen LogP contribution in [0.25, 0.3) is 0 Å². The van der Waals surface area contributed by atoms with E-state index in [9.17, 15) is 4.79 Å². The van der Waals surface area contributed by atoms with E-state index in [1.165, 1.54) is 6.42 Å². The van der Waals surface area contributed by atoms with E-state index in [0.29, 0.717) is 18.5 Å². The molecule has 50 valence electrons. The highest BCUT2D eigenvalue weighted by Gasteiger charge is 2.38. The van der Waals surface area contributed by atoms with Crippen LogP contribution in [0.1, 0.15) is 19.3 Å². The minimum atomic E-state index is 0.282. The van der Waals surface area contributed by atoms with Crippen LogP contribution >= 0.6 is 0 Å². The summed E-state index contributed by atoms with van der Waals surface area (Å²) in [6.07, 6.45) is 3.67. The van der Waals surface area contributed by atoms with E-state index in [0.717, 1.165) is 12.8 Å². The van der Waals surface area contributed by atoms with Gasteiger partial charge in [0.15, 0.2) is 5.78 Å². The Hall–Kier alpha value is -0.370. The number of Topliss-reactive ketones (excluding diaryl/α,β-unsaturated/α-hetero) is 1. The van der Waals surface area contributed by atoms with E-state index in [1.54, 1.807) is 0 Å². The maximum atomic E-state index is 10.9. The quantitative estimate of drug-likeness (QED) is 0.479. The summed E-state index contributed by atoms with van der Waals surface area (Å²) in [4.78, 5) is 10.9. The van der Waals surface area contributed by atoms with Gasteiger partial charge in [-0.1, -0.05) is 6.42 Å². The maximum Gasteiger partial charge on any atom is 0.164 e. The van der Waals surface area contributed by atoms with E-state index < -0.39 is 0 Å². The molecule has 2 nitrogen and oxygen atoms in total. The molecule has 0 spiro atoms. The van der Waals surface area contributed by atoms with Crippen molar-refractivity contribution in [2.45, 2.75) is 25.4 Å². The lowest BCUT2D eigenvalue weighted by Gasteiger charge is -2.02. The smallest absolute Gasteiger partial charge is 0.164 e. The summed E-state index contributed by atoms with van der Waals surface area (Å²) < 4.78 is 5.24. The number of hydrogen-bond donors (Lipinski definition) is 0. The summed E-state index contributed by atoms with van der Waals surface area (Å²) in [5, 5.41) is 0. The molecule has 0 aromatic rings. The number of rotatable bonds is 0. The first-order valence-corrected chi connectivity index (χ1v) is 3.52. The fourth-order valence-electron chi connectivity index (χ4n) is 1.79. The first kappa shape index (κ1) is 5.42. The summed E-state index contributed by atoms with van der Waals surface area (Å²) >= 11 is 0. The Kier molecular flexibility index (Phi) is 1.09. The van der Waals surface area contributed by atoms with Gasteiger partial charge in [-0.2, -0.15) is 0 Å². The summed E-state index contributed by atoms with van der Waals surface area (Å²) in [7, 11) is 0. The Bertz CT molecular complexity index is 142. The van der Waals surface area contributed by atoms with E-state index in [-0.39, 0.29) is 5.92 Å². The normalized spacial score (nSPS) is 41.6. The summed E-state index contributed by atoms with van der Waals surface area (Å²) in [5.41, 5.74) is 0. The lowest BCUT2D eigenvalue weighted by atomic mass is 10.0. The van der Waals surface area contributed by atoms with Crippen molar-refractivity contribution >= 4 is 5.78 Å². The van der Waals surface area contributed by atoms with Crippen LogP contribution in [0.3, 0.4) is 0 Å². The Morgan fingerprint density at radius 2 is 2.33 bits per heavy atom. The second kappa shape index (κ2) is 1.81. The van der Waals surface area contributed by atoms with Gasteiger partial charge in [-0.25, -0.2) is 0 Å². The molecule has 2 atom stereocenters. The minimum absolute atomic E-state index is 0.282. The fourth-order valence-corrected chi connectivity index (χ4v) is 1.79. The van der Waals surface area contributed by atoms with Crippen molar-refractivity contribution in [1.29, 1.82) is 0 Å². The molecule has 2 fully saturated rings. The molecule has 2 aliphatic rings. The second-order valence-corrected chi connectivity index (χ2v) is 2.85. The van der Waals surface area contributed by atoms with E-state index in [2.05, 4.69) is 0 Å². The third kappa shape index (κ3) is 0.697. The molecular weight excluding hydrogens is 116 g/mol. The standard InChI is InChI=1S/C7H10O2/c8-6-4-9-7-3-1-2-5(6)7/h5,7H,1-4H2/t5-,7-/m1/s1. The van der Waals surface area contributed by atoms with Crippen molar-refractivity contribution in [3.63, 3.8) is 0 Å². The van der Waals surface area contributed by atoms with Crippen LogP contribution in [0.5, 0.6) is 0 Å². The molecule has 1 saturated carbocycles. The molecule has 1 saturated heterocycles. The molecule has 0 radical (unpaired) electrons. The molecule has 1 heterocycles. The predicted octanol–water partition coefficient (Wildman–Crippen LogP) is 0.754. The molecule has 2 rings (SSSR count). The third-order valence-electron chi connectivity index (χ3n) is 2.31. The molecule has 1 aliphatic carbocycles. The molecular formula is C7H10O2. The molecule has 2 heteroatoms. The van der Waals surface area contributed by atoms with Crippen molar-refractivity contribution in [1.82, 2.24) is 0 Å². The van der Waals surface area contributed by atoms with E-state index in [1.807, 2.05) is 0 Å². The highest BCUT2D eigenvalue weighted by atomic mass is 16.5. The van der Waals surface area contributed by atoms with Gasteiger partial charge in [0.05, 0.1) is 6.10 Å². The summed E-state index contributed by atoms with van der Waals surface area (Å²) in [6.45, 7) is 0.384. The van der Waals surface area contributed by atoms with Gasteiger partial charge in [0, 0.05) is 5.92 Å². The van der Waals surface area contributed by atoms with Gasteiger partial charge >= 0.3 is 0 Å². The lowest BCUT2D eigenvalue weighted by Crippen LogP contribution is -2.12. The topological polar surface area (TPSA) is 26.3 Å². The van der Waals surface area contributed by atoms with Crippen molar-refractivity contribution in [3.8, 4) is 0 Å². The molecule has 0 aromatic carbocycles. The Morgan fingerprint density at radius 3 is 3.11 bits per heavy atom. The Labute approximate surface area is 54.2 Å². The van der Waals surface area contributed by atoms with Crippen LogP contribution in [0.2, 0.25) is 0 Å². The van der Waals surface area contributed by atoms with Gasteiger partial charge in [0.1, 0.15) is 6.61 Å². The average Bonchev–Trinajstić information content (AvgIpc) is 2.35. The number of hydrogen-bond acceptors (Lipinski definition) is 2. The van der Waals surface area contributed by atoms with Crippen molar-refractivity contribution in [2.75, 3.05) is 6.61 Å². The minimum Gasteiger partial charge on any atom is -0.370 e. The average molecular weight is 126 g/mol. The van der Waals surface area contributed by atoms with Crippen LogP contribution in [-0.2, 0) is 9.53 Å². The highest BCUT2D eigenvalue weighted by Crippen LogP contribution is 2.33. The third-order valence-corrected chi connectivity index (χ3v) is 2.31. The predicted molar refractivity (Wildman–Crippen MR) is 32.1 cm³/mol. The molecule has 9 heavy (non-hydrogen) atoms. The van der Waals surface area contributed by atoms with E-state index >= 15 is 0 Å². The first-order chi connectivity index (χ1) is 4.38. The first-order valence-electron chi connectivity index (χ1n) is 3.52. The number of carbonyl (C=O) groups excluding carboxylic acids is 1. The summed E-state index contributed by atoms with van der Waals surface area (Å²) in [6, 6.07) is 0. The van der Waals surface area contributed by atoms with Crippen molar-refractivity contribution < 1.29 is 9.53 Å². The van der Waals surface area contributed by atoms with Crippen LogP contribution in [-0.4, -0.2) is 18.5 Å². The van der Waals surface area contributed by atoms with Crippen LogP contribution in [0.15, 0.2) is 0 Å². The second-order valence-electron chi connectivity index (χ2n) is 2.85. The SMILES string of the molecule is O=C1CO[C@@H]2CCC[C@H]12. The van der Waals surface area contributed by atoms with Crippen molar-refractivity contribution in [3.05, 3.63) is 0 Å². The summed E-state index contributed by atoms with van der Waals surface area (Å²) in [5.74, 6) is 0.613. The van der Waals surface area contributed by atoms with Gasteiger partial charge in [-0.05, 0) is 12.8 Å². The highest BCUT2D eigenvalue weighted by molar-refractivity contribution is 5.84. The van der Waals surface area contributed by atoms with Crippen LogP contribution in [0, 0.1) is 5.92 Å². The monoisotopic (exact) mass is 126 g/mol. The molecule has 0 aromatic heterocycles. The molecule has 0 amide bonds. The van der Waals surface area contributed by atoms with Gasteiger partial charge in [0.2, 0.25) is 0 Å². The number of fused-ring (bicyclic) bond motifs is 1. The maximum absolute atomic E-state index is 10.9. The zero-order chi connectivity index (χ0) is 6.27. The van der Waals surface area contributed by atoms with Gasteiger partial charge in [-0.3, -0.25) is 4.79 Å². The Morgan fingerprint density at radius 1 is 1.44 bits per heavy atom. The largest absolute Gasteiger partial charge is 0.370 e. The van der Waals surface area contributed by atoms with Gasteiger partial charge < -0.3 is 4.74 Å². The molecule has 0 N–H and O–H groups in total. The number of ketones is 1. The number of carbonyl (C=O) groups is 1. The number of ether oxygens (including phenoxy) is 1. The molecule has 0 bridgehead atoms. The van der Waals surface area contributed by atoms with Crippen LogP contribution < -0.4 is 0 Å². The van der Waals surface area contributed by atoms with Crippen molar-refractivity contribution in [2.24, 2.45) is 5.92 Å².